The van der Waals surface area contributed by atoms with E-state index < -0.39 is 11.9 Å². The first kappa shape index (κ1) is 27.3. The lowest BCUT2D eigenvalue weighted by atomic mass is 10.1. The van der Waals surface area contributed by atoms with Crippen LogP contribution in [0.15, 0.2) is 76.8 Å². The molecule has 8 nitrogen and oxygen atoms in total. The van der Waals surface area contributed by atoms with E-state index in [1.165, 1.54) is 13.2 Å². The Morgan fingerprint density at radius 1 is 1.03 bits per heavy atom. The number of rotatable bonds is 11. The monoisotopic (exact) mass is 564 g/mol. The zero-order chi connectivity index (χ0) is 26.6. The molecule has 9 heteroatoms. The molecular formula is C28H25BrN2O6. The van der Waals surface area contributed by atoms with Crippen molar-refractivity contribution in [3.63, 3.8) is 0 Å². The summed E-state index contributed by atoms with van der Waals surface area (Å²) in [5.41, 5.74) is 1.98. The molecule has 0 aliphatic carbocycles. The largest absolute Gasteiger partial charge is 0.490 e. The Kier molecular flexibility index (Phi) is 10.1. The summed E-state index contributed by atoms with van der Waals surface area (Å²) in [5.74, 6) is 0.191. The van der Waals surface area contributed by atoms with Gasteiger partial charge in [-0.25, -0.2) is 4.79 Å². The van der Waals surface area contributed by atoms with E-state index in [1.807, 2.05) is 36.4 Å². The maximum Gasteiger partial charge on any atom is 0.343 e. The minimum absolute atomic E-state index is 0.109. The summed E-state index contributed by atoms with van der Waals surface area (Å²) in [6.45, 7) is 2.27. The molecule has 37 heavy (non-hydrogen) atoms. The number of nitrogens with zero attached hydrogens (tertiary/aromatic N) is 1. The number of ether oxygens (including phenoxy) is 4. The molecule has 1 N–H and O–H groups in total. The van der Waals surface area contributed by atoms with E-state index in [0.717, 1.165) is 5.56 Å². The molecule has 3 aromatic rings. The normalized spacial score (nSPS) is 10.7. The molecule has 0 aliphatic rings. The zero-order valence-corrected chi connectivity index (χ0v) is 21.9. The van der Waals surface area contributed by atoms with Crippen molar-refractivity contribution in [2.75, 3.05) is 25.6 Å². The number of benzene rings is 3. The predicted molar refractivity (Wildman–Crippen MR) is 142 cm³/mol. The minimum Gasteiger partial charge on any atom is -0.490 e. The van der Waals surface area contributed by atoms with E-state index in [0.29, 0.717) is 46.2 Å². The van der Waals surface area contributed by atoms with Crippen molar-refractivity contribution in [2.24, 2.45) is 0 Å². The quantitative estimate of drug-likeness (QED) is 0.185. The molecule has 0 radical (unpaired) electrons. The van der Waals surface area contributed by atoms with Gasteiger partial charge in [0.1, 0.15) is 24.0 Å². The molecule has 0 bridgehead atoms. The second kappa shape index (κ2) is 13.7. The molecule has 0 aliphatic heterocycles. The summed E-state index contributed by atoms with van der Waals surface area (Å²) in [6.07, 6.45) is 1.43. The zero-order valence-electron chi connectivity index (χ0n) is 20.3. The lowest BCUT2D eigenvalue weighted by Crippen LogP contribution is -2.14. The number of methoxy groups -OCH3 is 1. The Hall–Kier alpha value is -4.29. The van der Waals surface area contributed by atoms with E-state index >= 15 is 0 Å². The van der Waals surface area contributed by atoms with Crippen molar-refractivity contribution in [2.45, 2.75) is 13.5 Å². The molecule has 3 rings (SSSR count). The first-order valence-corrected chi connectivity index (χ1v) is 12.1. The number of esters is 1. The van der Waals surface area contributed by atoms with Crippen molar-refractivity contribution < 1.29 is 28.5 Å². The second-order valence-electron chi connectivity index (χ2n) is 7.55. The first-order chi connectivity index (χ1) is 17.9. The molecule has 3 aromatic carbocycles. The lowest BCUT2D eigenvalue weighted by molar-refractivity contribution is -0.142. The fraction of sp³-hybridized carbons (Fsp3) is 0.179. The Labute approximate surface area is 223 Å². The van der Waals surface area contributed by atoms with Gasteiger partial charge in [-0.15, -0.1) is 0 Å². The fourth-order valence-corrected chi connectivity index (χ4v) is 3.73. The highest BCUT2D eigenvalue weighted by atomic mass is 79.9. The van der Waals surface area contributed by atoms with E-state index in [-0.39, 0.29) is 12.2 Å². The van der Waals surface area contributed by atoms with Crippen molar-refractivity contribution in [3.05, 3.63) is 87.9 Å². The van der Waals surface area contributed by atoms with Gasteiger partial charge >= 0.3 is 5.97 Å². The summed E-state index contributed by atoms with van der Waals surface area (Å²) in [4.78, 5) is 24.2. The van der Waals surface area contributed by atoms with Gasteiger partial charge in [0, 0.05) is 5.69 Å². The number of halogens is 1. The van der Waals surface area contributed by atoms with E-state index in [2.05, 4.69) is 26.0 Å². The summed E-state index contributed by atoms with van der Waals surface area (Å²) in [5, 5.41) is 12.3. The summed E-state index contributed by atoms with van der Waals surface area (Å²) in [7, 11) is 1.26. The Balaban J connectivity index is 1.70. The Morgan fingerprint density at radius 3 is 2.41 bits per heavy atom. The van der Waals surface area contributed by atoms with Crippen LogP contribution in [0.25, 0.3) is 6.08 Å². The van der Waals surface area contributed by atoms with Gasteiger partial charge in [-0.2, -0.15) is 5.26 Å². The van der Waals surface area contributed by atoms with Crippen LogP contribution >= 0.6 is 15.9 Å². The Bertz CT molecular complexity index is 1300. The van der Waals surface area contributed by atoms with Crippen LogP contribution in [0.2, 0.25) is 0 Å². The first-order valence-electron chi connectivity index (χ1n) is 11.3. The molecule has 0 saturated carbocycles. The number of nitrogens with one attached hydrogen (secondary N) is 1. The van der Waals surface area contributed by atoms with E-state index in [1.54, 1.807) is 43.3 Å². The number of carbonyl (C=O) groups is 2. The van der Waals surface area contributed by atoms with Crippen LogP contribution in [0.3, 0.4) is 0 Å². The number of hydrogen-bond acceptors (Lipinski definition) is 7. The minimum atomic E-state index is -0.569. The summed E-state index contributed by atoms with van der Waals surface area (Å²) >= 11 is 3.40. The lowest BCUT2D eigenvalue weighted by Gasteiger charge is -2.14. The molecule has 0 aromatic heterocycles. The van der Waals surface area contributed by atoms with Crippen molar-refractivity contribution >= 4 is 39.6 Å². The van der Waals surface area contributed by atoms with Crippen LogP contribution in [0.4, 0.5) is 5.69 Å². The molecule has 0 unspecified atom stereocenters. The number of amides is 1. The molecule has 0 fully saturated rings. The average molecular weight is 565 g/mol. The summed E-state index contributed by atoms with van der Waals surface area (Å²) < 4.78 is 22.0. The van der Waals surface area contributed by atoms with Gasteiger partial charge in [0.05, 0.1) is 18.2 Å². The highest BCUT2D eigenvalue weighted by Gasteiger charge is 2.16. The SMILES string of the molecule is CCOc1cc(/C=C(\C#N)C(=O)Nc2ccc(OCc3ccccc3)cc2)cc(Br)c1OCC(=O)OC. The smallest absolute Gasteiger partial charge is 0.343 e. The van der Waals surface area contributed by atoms with Crippen LogP contribution in [-0.4, -0.2) is 32.2 Å². The third kappa shape index (κ3) is 8.12. The van der Waals surface area contributed by atoms with E-state index in [4.69, 9.17) is 14.2 Å². The van der Waals surface area contributed by atoms with Crippen LogP contribution in [0.5, 0.6) is 17.2 Å². The van der Waals surface area contributed by atoms with Crippen molar-refractivity contribution in [1.29, 1.82) is 5.26 Å². The van der Waals surface area contributed by atoms with E-state index in [9.17, 15) is 14.9 Å². The molecule has 0 spiro atoms. The van der Waals surface area contributed by atoms with Gasteiger partial charge < -0.3 is 24.3 Å². The summed E-state index contributed by atoms with van der Waals surface area (Å²) in [6, 6.07) is 21.9. The van der Waals surface area contributed by atoms with Gasteiger partial charge in [-0.05, 0) is 76.5 Å². The van der Waals surface area contributed by atoms with Crippen LogP contribution in [0, 0.1) is 11.3 Å². The average Bonchev–Trinajstić information content (AvgIpc) is 2.91. The van der Waals surface area contributed by atoms with Gasteiger partial charge in [-0.1, -0.05) is 30.3 Å². The van der Waals surface area contributed by atoms with Gasteiger partial charge in [0.2, 0.25) is 0 Å². The maximum absolute atomic E-state index is 12.8. The molecule has 0 saturated heterocycles. The third-order valence-electron chi connectivity index (χ3n) is 4.93. The standard InChI is InChI=1S/C28H25BrN2O6/c1-3-35-25-15-20(14-24(29)27(25)37-18-26(32)34-2)13-21(16-30)28(33)31-22-9-11-23(12-10-22)36-17-19-7-5-4-6-8-19/h4-15H,3,17-18H2,1-2H3,(H,31,33)/b21-13+. The van der Waals surface area contributed by atoms with Gasteiger partial charge in [0.25, 0.3) is 5.91 Å². The molecule has 0 heterocycles. The fourth-order valence-electron chi connectivity index (χ4n) is 3.15. The predicted octanol–water partition coefficient (Wildman–Crippen LogP) is 5.52. The highest BCUT2D eigenvalue weighted by molar-refractivity contribution is 9.10. The number of carbonyl (C=O) groups excluding carboxylic acids is 2. The number of hydrogen-bond donors (Lipinski definition) is 1. The highest BCUT2D eigenvalue weighted by Crippen LogP contribution is 2.37. The molecule has 0 atom stereocenters. The third-order valence-corrected chi connectivity index (χ3v) is 5.52. The molecule has 190 valence electrons. The van der Waals surface area contributed by atoms with Gasteiger partial charge in [0.15, 0.2) is 18.1 Å². The van der Waals surface area contributed by atoms with Crippen LogP contribution in [0.1, 0.15) is 18.1 Å². The Morgan fingerprint density at radius 2 is 1.76 bits per heavy atom. The molecule has 1 amide bonds. The van der Waals surface area contributed by atoms with Crippen molar-refractivity contribution in [3.8, 4) is 23.3 Å². The molecular weight excluding hydrogens is 540 g/mol. The number of nitriles is 1. The van der Waals surface area contributed by atoms with Crippen LogP contribution < -0.4 is 19.5 Å². The van der Waals surface area contributed by atoms with Crippen molar-refractivity contribution in [1.82, 2.24) is 0 Å². The van der Waals surface area contributed by atoms with Crippen LogP contribution in [-0.2, 0) is 20.9 Å². The second-order valence-corrected chi connectivity index (χ2v) is 8.40. The topological polar surface area (TPSA) is 107 Å². The van der Waals surface area contributed by atoms with Gasteiger partial charge in [-0.3, -0.25) is 4.79 Å². The maximum atomic E-state index is 12.8. The number of anilines is 1.